The fraction of sp³-hybridized carbons (Fsp3) is 0.133. The lowest BCUT2D eigenvalue weighted by Crippen LogP contribution is -2.12. The molecule has 0 spiro atoms. The summed E-state index contributed by atoms with van der Waals surface area (Å²) in [7, 11) is 0. The van der Waals surface area contributed by atoms with Crippen LogP contribution in [-0.4, -0.2) is 11.0 Å². The molecule has 0 radical (unpaired) electrons. The number of hydrogen-bond acceptors (Lipinski definition) is 3. The van der Waals surface area contributed by atoms with Gasteiger partial charge in [0.2, 0.25) is 0 Å². The number of anilines is 1. The van der Waals surface area contributed by atoms with Crippen LogP contribution in [0.15, 0.2) is 48.5 Å². The molecule has 0 bridgehead atoms. The second kappa shape index (κ2) is 5.54. The van der Waals surface area contributed by atoms with Crippen LogP contribution in [0.25, 0.3) is 0 Å². The van der Waals surface area contributed by atoms with E-state index in [0.717, 1.165) is 5.56 Å². The molecule has 4 nitrogen and oxygen atoms in total. The first-order valence-corrected chi connectivity index (χ1v) is 6.02. The fourth-order valence-electron chi connectivity index (χ4n) is 1.72. The molecule has 4 heteroatoms. The standard InChI is InChI=1S/C15H16N2O2/c1-10(16)12-3-2-4-13(9-12)17-15(19)11-5-7-14(18)8-6-11/h2-10,18H,16H2,1H3,(H,17,19). The Balaban J connectivity index is 2.14. The number of phenols is 1. The topological polar surface area (TPSA) is 75.3 Å². The summed E-state index contributed by atoms with van der Waals surface area (Å²) in [6.07, 6.45) is 0. The fourth-order valence-corrected chi connectivity index (χ4v) is 1.72. The van der Waals surface area contributed by atoms with Gasteiger partial charge in [-0.25, -0.2) is 0 Å². The van der Waals surface area contributed by atoms with Crippen molar-refractivity contribution in [3.05, 3.63) is 59.7 Å². The van der Waals surface area contributed by atoms with E-state index in [1.807, 2.05) is 31.2 Å². The minimum Gasteiger partial charge on any atom is -0.508 e. The third-order valence-corrected chi connectivity index (χ3v) is 2.80. The largest absolute Gasteiger partial charge is 0.508 e. The van der Waals surface area contributed by atoms with Gasteiger partial charge >= 0.3 is 0 Å². The van der Waals surface area contributed by atoms with Gasteiger partial charge in [-0.3, -0.25) is 4.79 Å². The first kappa shape index (κ1) is 13.1. The van der Waals surface area contributed by atoms with Crippen LogP contribution in [0, 0.1) is 0 Å². The van der Waals surface area contributed by atoms with Crippen molar-refractivity contribution in [1.29, 1.82) is 0 Å². The van der Waals surface area contributed by atoms with Gasteiger partial charge in [0.15, 0.2) is 0 Å². The molecule has 0 aromatic heterocycles. The molecule has 19 heavy (non-hydrogen) atoms. The summed E-state index contributed by atoms with van der Waals surface area (Å²) in [5, 5.41) is 12.0. The van der Waals surface area contributed by atoms with Crippen molar-refractivity contribution in [2.45, 2.75) is 13.0 Å². The quantitative estimate of drug-likeness (QED) is 0.790. The van der Waals surface area contributed by atoms with E-state index in [2.05, 4.69) is 5.32 Å². The molecule has 0 heterocycles. The first-order valence-electron chi connectivity index (χ1n) is 6.02. The zero-order valence-corrected chi connectivity index (χ0v) is 10.6. The zero-order valence-electron chi connectivity index (χ0n) is 10.6. The van der Waals surface area contributed by atoms with E-state index in [-0.39, 0.29) is 17.7 Å². The average molecular weight is 256 g/mol. The zero-order chi connectivity index (χ0) is 13.8. The molecule has 0 saturated carbocycles. The molecular weight excluding hydrogens is 240 g/mol. The minimum absolute atomic E-state index is 0.0782. The first-order chi connectivity index (χ1) is 9.06. The van der Waals surface area contributed by atoms with E-state index in [4.69, 9.17) is 5.73 Å². The van der Waals surface area contributed by atoms with Crippen molar-refractivity contribution in [3.63, 3.8) is 0 Å². The Bertz CT molecular complexity index is 577. The summed E-state index contributed by atoms with van der Waals surface area (Å²) in [6, 6.07) is 13.4. The number of carbonyl (C=O) groups excluding carboxylic acids is 1. The molecule has 2 aromatic rings. The van der Waals surface area contributed by atoms with E-state index in [1.165, 1.54) is 12.1 Å². The number of nitrogens with two attached hydrogens (primary N) is 1. The highest BCUT2D eigenvalue weighted by Gasteiger charge is 2.07. The van der Waals surface area contributed by atoms with Crippen molar-refractivity contribution < 1.29 is 9.90 Å². The molecular formula is C15H16N2O2. The Morgan fingerprint density at radius 3 is 2.53 bits per heavy atom. The average Bonchev–Trinajstić information content (AvgIpc) is 2.39. The van der Waals surface area contributed by atoms with Gasteiger partial charge < -0.3 is 16.2 Å². The number of nitrogens with one attached hydrogen (secondary N) is 1. The van der Waals surface area contributed by atoms with Crippen LogP contribution < -0.4 is 11.1 Å². The van der Waals surface area contributed by atoms with Crippen molar-refractivity contribution in [1.82, 2.24) is 0 Å². The van der Waals surface area contributed by atoms with Crippen LogP contribution in [0.2, 0.25) is 0 Å². The molecule has 2 aromatic carbocycles. The lowest BCUT2D eigenvalue weighted by Gasteiger charge is -2.09. The van der Waals surface area contributed by atoms with Gasteiger partial charge in [-0.1, -0.05) is 12.1 Å². The second-order valence-electron chi connectivity index (χ2n) is 4.42. The van der Waals surface area contributed by atoms with Gasteiger partial charge in [0.1, 0.15) is 5.75 Å². The third kappa shape index (κ3) is 3.33. The van der Waals surface area contributed by atoms with Crippen molar-refractivity contribution in [2.24, 2.45) is 5.73 Å². The molecule has 0 aliphatic rings. The maximum absolute atomic E-state index is 12.0. The number of amides is 1. The SMILES string of the molecule is CC(N)c1cccc(NC(=O)c2ccc(O)cc2)c1. The smallest absolute Gasteiger partial charge is 0.255 e. The van der Waals surface area contributed by atoms with E-state index in [9.17, 15) is 9.90 Å². The molecule has 0 aliphatic carbocycles. The Kier molecular flexibility index (Phi) is 3.82. The molecule has 0 aliphatic heterocycles. The van der Waals surface area contributed by atoms with E-state index in [0.29, 0.717) is 11.3 Å². The molecule has 98 valence electrons. The molecule has 0 fully saturated rings. The summed E-state index contributed by atoms with van der Waals surface area (Å²) in [6.45, 7) is 1.89. The van der Waals surface area contributed by atoms with E-state index in [1.54, 1.807) is 12.1 Å². The highest BCUT2D eigenvalue weighted by atomic mass is 16.3. The molecule has 0 saturated heterocycles. The van der Waals surface area contributed by atoms with Gasteiger partial charge in [0.25, 0.3) is 5.91 Å². The lowest BCUT2D eigenvalue weighted by molar-refractivity contribution is 0.102. The minimum atomic E-state index is -0.221. The van der Waals surface area contributed by atoms with Crippen LogP contribution in [0.1, 0.15) is 28.9 Å². The summed E-state index contributed by atoms with van der Waals surface area (Å²) in [5.74, 6) is -0.0858. The van der Waals surface area contributed by atoms with Gasteiger partial charge in [-0.2, -0.15) is 0 Å². The summed E-state index contributed by atoms with van der Waals surface area (Å²) in [4.78, 5) is 12.0. The Morgan fingerprint density at radius 2 is 1.89 bits per heavy atom. The highest BCUT2D eigenvalue weighted by Crippen LogP contribution is 2.17. The van der Waals surface area contributed by atoms with Crippen molar-refractivity contribution in [3.8, 4) is 5.75 Å². The van der Waals surface area contributed by atoms with E-state index >= 15 is 0 Å². The molecule has 1 atom stereocenters. The van der Waals surface area contributed by atoms with E-state index < -0.39 is 0 Å². The number of rotatable bonds is 3. The van der Waals surface area contributed by atoms with Crippen molar-refractivity contribution >= 4 is 11.6 Å². The van der Waals surface area contributed by atoms with Crippen LogP contribution in [-0.2, 0) is 0 Å². The lowest BCUT2D eigenvalue weighted by atomic mass is 10.1. The maximum atomic E-state index is 12.0. The normalized spacial score (nSPS) is 11.9. The molecule has 4 N–H and O–H groups in total. The van der Waals surface area contributed by atoms with Crippen molar-refractivity contribution in [2.75, 3.05) is 5.32 Å². The third-order valence-electron chi connectivity index (χ3n) is 2.80. The number of benzene rings is 2. The maximum Gasteiger partial charge on any atom is 0.255 e. The van der Waals surface area contributed by atoms with Crippen LogP contribution in [0.5, 0.6) is 5.75 Å². The van der Waals surface area contributed by atoms with Gasteiger partial charge in [0, 0.05) is 17.3 Å². The number of carbonyl (C=O) groups is 1. The van der Waals surface area contributed by atoms with Gasteiger partial charge in [-0.15, -0.1) is 0 Å². The number of phenolic OH excluding ortho intramolecular Hbond substituents is 1. The van der Waals surface area contributed by atoms with Gasteiger partial charge in [-0.05, 0) is 48.9 Å². The Morgan fingerprint density at radius 1 is 1.21 bits per heavy atom. The predicted octanol–water partition coefficient (Wildman–Crippen LogP) is 2.66. The van der Waals surface area contributed by atoms with Crippen LogP contribution in [0.3, 0.4) is 0 Å². The number of hydrogen-bond donors (Lipinski definition) is 3. The van der Waals surface area contributed by atoms with Crippen LogP contribution >= 0.6 is 0 Å². The van der Waals surface area contributed by atoms with Crippen LogP contribution in [0.4, 0.5) is 5.69 Å². The second-order valence-corrected chi connectivity index (χ2v) is 4.42. The Hall–Kier alpha value is -2.33. The summed E-state index contributed by atoms with van der Waals surface area (Å²) >= 11 is 0. The predicted molar refractivity (Wildman–Crippen MR) is 75.1 cm³/mol. The Labute approximate surface area is 111 Å². The summed E-state index contributed by atoms with van der Waals surface area (Å²) < 4.78 is 0. The molecule has 1 unspecified atom stereocenters. The monoisotopic (exact) mass is 256 g/mol. The summed E-state index contributed by atoms with van der Waals surface area (Å²) in [5.41, 5.74) is 7.95. The molecule has 1 amide bonds. The van der Waals surface area contributed by atoms with Gasteiger partial charge in [0.05, 0.1) is 0 Å². The number of aromatic hydroxyl groups is 1. The molecule has 2 rings (SSSR count). The highest BCUT2D eigenvalue weighted by molar-refractivity contribution is 6.04.